The van der Waals surface area contributed by atoms with Crippen molar-refractivity contribution in [1.82, 2.24) is 0 Å². The molecule has 0 aromatic rings. The molecule has 0 nitrogen and oxygen atoms in total. The van der Waals surface area contributed by atoms with Crippen molar-refractivity contribution in [2.45, 2.75) is 18.7 Å². The minimum atomic E-state index is -0.343. The zero-order valence-corrected chi connectivity index (χ0v) is 5.92. The van der Waals surface area contributed by atoms with E-state index in [1.165, 1.54) is 0 Å². The monoisotopic (exact) mass is 256 g/mol. The van der Waals surface area contributed by atoms with Gasteiger partial charge in [0.1, 0.15) is 4.84 Å². The molecule has 0 aliphatic carbocycles. The molecule has 0 aromatic carbocycles. The third kappa shape index (κ3) is 10.2. The molecule has 0 atom stereocenters. The molecule has 0 fully saturated rings. The molecule has 0 saturated carbocycles. The summed E-state index contributed by atoms with van der Waals surface area (Å²) in [6.45, 7) is 3.91. The van der Waals surface area contributed by atoms with Crippen LogP contribution >= 0.6 is 23.2 Å². The van der Waals surface area contributed by atoms with Crippen LogP contribution in [-0.2, 0) is 0 Å². The summed E-state index contributed by atoms with van der Waals surface area (Å²) >= 11 is 10.7. The Kier molecular flexibility index (Phi) is 9.41. The van der Waals surface area contributed by atoms with Gasteiger partial charge >= 0.3 is 25.8 Å². The predicted octanol–water partition coefficient (Wildman–Crippen LogP) is 1.57. The Morgan fingerprint density at radius 3 is 1.75 bits per heavy atom. The van der Waals surface area contributed by atoms with Gasteiger partial charge in [0.25, 0.3) is 0 Å². The molecule has 0 saturated heterocycles. The van der Waals surface area contributed by atoms with Gasteiger partial charge in [0.05, 0.1) is 0 Å². The molecule has 0 bridgehead atoms. The Labute approximate surface area is 79.0 Å². The van der Waals surface area contributed by atoms with Gasteiger partial charge in [-0.3, -0.25) is 0 Å². The molecule has 0 aromatic heterocycles. The van der Waals surface area contributed by atoms with Gasteiger partial charge in [0, 0.05) is 0 Å². The van der Waals surface area contributed by atoms with Gasteiger partial charge in [-0.2, -0.15) is 0 Å². The summed E-state index contributed by atoms with van der Waals surface area (Å²) in [5.74, 6) is 0. The maximum atomic E-state index is 5.36. The van der Waals surface area contributed by atoms with Crippen LogP contribution in [0.15, 0.2) is 11.6 Å². The number of alkyl halides is 2. The fourth-order valence-electron chi connectivity index (χ4n) is 0.252. The molecule has 0 aliphatic heterocycles. The molecular formula is C5H11Cl2In. The summed E-state index contributed by atoms with van der Waals surface area (Å²) in [7, 11) is 0. The molecule has 0 N–H and O–H groups in total. The molecule has 0 heterocycles. The van der Waals surface area contributed by atoms with Crippen molar-refractivity contribution in [2.24, 2.45) is 0 Å². The normalized spacial score (nSPS) is 8.12. The van der Waals surface area contributed by atoms with Crippen LogP contribution in [0.1, 0.15) is 13.8 Å². The first kappa shape index (κ1) is 11.9. The Bertz CT molecular complexity index is 74.5. The van der Waals surface area contributed by atoms with Crippen LogP contribution in [0.3, 0.4) is 0 Å². The molecule has 0 aliphatic rings. The van der Waals surface area contributed by atoms with Crippen LogP contribution in [-0.4, -0.2) is 30.7 Å². The van der Waals surface area contributed by atoms with E-state index in [-0.39, 0.29) is 30.7 Å². The third-order valence-electron chi connectivity index (χ3n) is 0.459. The predicted molar refractivity (Wildman–Crippen MR) is 44.9 cm³/mol. The minimum absolute atomic E-state index is 0. The van der Waals surface area contributed by atoms with Crippen molar-refractivity contribution < 1.29 is 0 Å². The van der Waals surface area contributed by atoms with E-state index < -0.39 is 0 Å². The van der Waals surface area contributed by atoms with Crippen LogP contribution in [0.5, 0.6) is 0 Å². The zero-order chi connectivity index (χ0) is 5.86. The Hall–Kier alpha value is 1.19. The first-order valence-electron chi connectivity index (χ1n) is 2.06. The molecule has 48 valence electrons. The zero-order valence-electron chi connectivity index (χ0n) is 4.41. The molecule has 0 radical (unpaired) electrons. The summed E-state index contributed by atoms with van der Waals surface area (Å²) in [5, 5.41) is 0. The fourth-order valence-corrected chi connectivity index (χ4v) is 0.756. The number of halogens is 2. The Morgan fingerprint density at radius 1 is 1.38 bits per heavy atom. The van der Waals surface area contributed by atoms with Gasteiger partial charge in [0.15, 0.2) is 0 Å². The number of hydrogen-bond acceptors (Lipinski definition) is 0. The second-order valence-corrected chi connectivity index (χ2v) is 2.74. The van der Waals surface area contributed by atoms with Gasteiger partial charge < -0.3 is 0 Å². The van der Waals surface area contributed by atoms with Crippen LogP contribution < -0.4 is 0 Å². The molecule has 0 rings (SSSR count). The number of allylic oxidation sites excluding steroid dienone is 2. The topological polar surface area (TPSA) is 0 Å². The van der Waals surface area contributed by atoms with Gasteiger partial charge in [-0.25, -0.2) is 0 Å². The second-order valence-electron chi connectivity index (χ2n) is 1.58. The van der Waals surface area contributed by atoms with E-state index in [4.69, 9.17) is 23.2 Å². The molecule has 0 amide bonds. The number of rotatable bonds is 1. The van der Waals surface area contributed by atoms with Gasteiger partial charge in [0.2, 0.25) is 0 Å². The molecule has 0 spiro atoms. The van der Waals surface area contributed by atoms with Gasteiger partial charge in [-0.1, -0.05) is 11.6 Å². The first-order chi connectivity index (χ1) is 3.13. The van der Waals surface area contributed by atoms with Crippen molar-refractivity contribution in [1.29, 1.82) is 0 Å². The summed E-state index contributed by atoms with van der Waals surface area (Å²) in [5.41, 5.74) is 1.15. The summed E-state index contributed by atoms with van der Waals surface area (Å²) in [6.07, 6.45) is 1.78. The molecular weight excluding hydrogens is 246 g/mol. The van der Waals surface area contributed by atoms with Gasteiger partial charge in [-0.15, -0.1) is 23.2 Å². The molecule has 3 heteroatoms. The van der Waals surface area contributed by atoms with E-state index in [1.54, 1.807) is 6.08 Å². The average Bonchev–Trinajstić information content (AvgIpc) is 1.27. The first-order valence-corrected chi connectivity index (χ1v) is 2.93. The van der Waals surface area contributed by atoms with Crippen molar-refractivity contribution >= 4 is 49.0 Å². The summed E-state index contributed by atoms with van der Waals surface area (Å²) in [4.78, 5) is -0.343. The van der Waals surface area contributed by atoms with Crippen LogP contribution in [0.2, 0.25) is 0 Å². The Balaban J connectivity index is 0. The molecule has 0 unspecified atom stereocenters. The standard InChI is InChI=1S/C5H8Cl2.In.3H/c1-4(2)3-5(6)7;;;;/h3,5H,1-2H3;;;;. The van der Waals surface area contributed by atoms with E-state index in [9.17, 15) is 0 Å². The quantitative estimate of drug-likeness (QED) is 0.494. The third-order valence-corrected chi connectivity index (χ3v) is 0.711. The van der Waals surface area contributed by atoms with Crippen molar-refractivity contribution in [2.75, 3.05) is 0 Å². The SMILES string of the molecule is CC(C)=CC(Cl)Cl.[InH3]. The second kappa shape index (κ2) is 6.31. The summed E-state index contributed by atoms with van der Waals surface area (Å²) < 4.78 is 0. The molecule has 8 heavy (non-hydrogen) atoms. The van der Waals surface area contributed by atoms with Crippen LogP contribution in [0, 0.1) is 0 Å². The number of hydrogen-bond donors (Lipinski definition) is 0. The van der Waals surface area contributed by atoms with Crippen molar-refractivity contribution in [3.05, 3.63) is 11.6 Å². The van der Waals surface area contributed by atoms with E-state index in [2.05, 4.69) is 0 Å². The average molecular weight is 257 g/mol. The van der Waals surface area contributed by atoms with E-state index >= 15 is 0 Å². The maximum absolute atomic E-state index is 5.36. The van der Waals surface area contributed by atoms with Crippen LogP contribution in [0.25, 0.3) is 0 Å². The van der Waals surface area contributed by atoms with Crippen LogP contribution in [0.4, 0.5) is 0 Å². The Morgan fingerprint density at radius 2 is 1.75 bits per heavy atom. The fraction of sp³-hybridized carbons (Fsp3) is 0.600. The van der Waals surface area contributed by atoms with E-state index in [0.29, 0.717) is 0 Å². The summed E-state index contributed by atoms with van der Waals surface area (Å²) in [6, 6.07) is 0. The van der Waals surface area contributed by atoms with Gasteiger partial charge in [-0.05, 0) is 13.8 Å². The van der Waals surface area contributed by atoms with Crippen molar-refractivity contribution in [3.8, 4) is 0 Å². The van der Waals surface area contributed by atoms with Crippen molar-refractivity contribution in [3.63, 3.8) is 0 Å². The van der Waals surface area contributed by atoms with E-state index in [0.717, 1.165) is 5.57 Å². The van der Waals surface area contributed by atoms with E-state index in [1.807, 2.05) is 13.8 Å².